The van der Waals surface area contributed by atoms with Crippen molar-refractivity contribution in [1.29, 1.82) is 5.26 Å². The highest BCUT2D eigenvalue weighted by Crippen LogP contribution is 2.21. The molecule has 5 rings (SSSR count). The molecular formula is C23H18N2O3. The van der Waals surface area contributed by atoms with Gasteiger partial charge in [-0.2, -0.15) is 5.26 Å². The number of hydrogen-bond acceptors (Lipinski definition) is 5. The third kappa shape index (κ3) is 4.25. The quantitative estimate of drug-likeness (QED) is 0.407. The molecule has 0 unspecified atom stereocenters. The van der Waals surface area contributed by atoms with E-state index < -0.39 is 0 Å². The zero-order chi connectivity index (χ0) is 19.8. The lowest BCUT2D eigenvalue weighted by Crippen LogP contribution is -2.01. The second-order valence-electron chi connectivity index (χ2n) is 5.82. The smallest absolute Gasteiger partial charge is 0.200 e. The molecular weight excluding hydrogens is 352 g/mol. The minimum absolute atomic E-state index is 0.00532. The highest BCUT2D eigenvalue weighted by atomic mass is 16.5. The summed E-state index contributed by atoms with van der Waals surface area (Å²) < 4.78 is 10.8. The van der Waals surface area contributed by atoms with Crippen LogP contribution >= 0.6 is 0 Å². The molecule has 5 nitrogen and oxygen atoms in total. The number of benzene rings is 2. The van der Waals surface area contributed by atoms with Crippen molar-refractivity contribution in [2.24, 2.45) is 0 Å². The number of pyridine rings is 1. The average Bonchev–Trinajstić information content (AvgIpc) is 2.75. The third-order valence-corrected chi connectivity index (χ3v) is 3.98. The normalized spacial score (nSPS) is 11.1. The van der Waals surface area contributed by atoms with Gasteiger partial charge >= 0.3 is 0 Å². The van der Waals surface area contributed by atoms with Gasteiger partial charge in [0.25, 0.3) is 0 Å². The number of fused-ring (bicyclic) bond motifs is 3. The van der Waals surface area contributed by atoms with Gasteiger partial charge in [-0.3, -0.25) is 9.78 Å². The molecule has 2 aromatic heterocycles. The molecule has 0 saturated heterocycles. The molecule has 3 heterocycles. The third-order valence-electron chi connectivity index (χ3n) is 3.98. The fourth-order valence-electron chi connectivity index (χ4n) is 2.74. The maximum absolute atomic E-state index is 12.0. The number of para-hydroxylation sites is 2. The van der Waals surface area contributed by atoms with Crippen molar-refractivity contribution in [2.45, 2.75) is 13.3 Å². The zero-order valence-corrected chi connectivity index (χ0v) is 15.3. The van der Waals surface area contributed by atoms with E-state index in [1.54, 1.807) is 42.9 Å². The fourth-order valence-corrected chi connectivity index (χ4v) is 2.74. The predicted molar refractivity (Wildman–Crippen MR) is 109 cm³/mol. The molecule has 0 bridgehead atoms. The summed E-state index contributed by atoms with van der Waals surface area (Å²) in [6.45, 7) is 1.43. The topological polar surface area (TPSA) is 76.1 Å². The van der Waals surface area contributed by atoms with Crippen molar-refractivity contribution in [3.8, 4) is 11.8 Å². The van der Waals surface area contributed by atoms with Crippen LogP contribution in [0.4, 0.5) is 0 Å². The van der Waals surface area contributed by atoms with E-state index in [9.17, 15) is 4.79 Å². The Bertz CT molecular complexity index is 1140. The largest absolute Gasteiger partial charge is 0.465 e. The second kappa shape index (κ2) is 9.15. The number of nitrogens with zero attached hydrogens (tertiary/aromatic N) is 2. The molecule has 5 heteroatoms. The molecule has 0 saturated carbocycles. The first kappa shape index (κ1) is 18.9. The summed E-state index contributed by atoms with van der Waals surface area (Å²) in [4.78, 5) is 15.9. The summed E-state index contributed by atoms with van der Waals surface area (Å²) in [5.41, 5.74) is 2.39. The fraction of sp³-hybridized carbons (Fsp3) is 0.0870. The van der Waals surface area contributed by atoms with E-state index >= 15 is 0 Å². The van der Waals surface area contributed by atoms with Gasteiger partial charge in [-0.05, 0) is 42.3 Å². The van der Waals surface area contributed by atoms with Gasteiger partial charge in [-0.1, -0.05) is 30.3 Å². The van der Waals surface area contributed by atoms with Crippen LogP contribution in [-0.4, -0.2) is 4.98 Å². The number of nitriles is 1. The van der Waals surface area contributed by atoms with Crippen molar-refractivity contribution in [3.05, 3.63) is 95.1 Å². The molecule has 1 aliphatic heterocycles. The van der Waals surface area contributed by atoms with Crippen LogP contribution in [0.5, 0.6) is 5.75 Å². The first-order valence-corrected chi connectivity index (χ1v) is 8.70. The Morgan fingerprint density at radius 3 is 2.54 bits per heavy atom. The zero-order valence-electron chi connectivity index (χ0n) is 15.3. The molecule has 1 aliphatic rings. The van der Waals surface area contributed by atoms with Gasteiger partial charge in [0.15, 0.2) is 5.58 Å². The van der Waals surface area contributed by atoms with Crippen LogP contribution in [-0.2, 0) is 6.42 Å². The molecule has 0 spiro atoms. The van der Waals surface area contributed by atoms with Gasteiger partial charge in [-0.25, -0.2) is 0 Å². The lowest BCUT2D eigenvalue weighted by atomic mass is 10.1. The molecule has 4 aromatic rings. The molecule has 28 heavy (non-hydrogen) atoms. The van der Waals surface area contributed by atoms with E-state index in [1.807, 2.05) is 36.4 Å². The SMILES string of the molecule is C1=COc2ccccc2C1.CC#N.O=c1c2ccccc2oc2cnccc12. The van der Waals surface area contributed by atoms with Crippen LogP contribution in [0.1, 0.15) is 12.5 Å². The van der Waals surface area contributed by atoms with E-state index in [4.69, 9.17) is 14.4 Å². The molecule has 0 aliphatic carbocycles. The monoisotopic (exact) mass is 370 g/mol. The highest BCUT2D eigenvalue weighted by molar-refractivity contribution is 5.88. The Morgan fingerprint density at radius 2 is 1.71 bits per heavy atom. The van der Waals surface area contributed by atoms with Gasteiger partial charge in [0.2, 0.25) is 5.43 Å². The molecule has 0 radical (unpaired) electrons. The number of aromatic nitrogens is 1. The van der Waals surface area contributed by atoms with Crippen LogP contribution in [0.25, 0.3) is 21.9 Å². The van der Waals surface area contributed by atoms with E-state index in [0.29, 0.717) is 21.9 Å². The average molecular weight is 370 g/mol. The Balaban J connectivity index is 0.000000150. The summed E-state index contributed by atoms with van der Waals surface area (Å²) in [6.07, 6.45) is 7.90. The van der Waals surface area contributed by atoms with Gasteiger partial charge in [0, 0.05) is 13.1 Å². The van der Waals surface area contributed by atoms with Crippen molar-refractivity contribution < 1.29 is 9.15 Å². The minimum Gasteiger partial charge on any atom is -0.465 e. The first-order chi connectivity index (χ1) is 13.7. The number of allylic oxidation sites excluding steroid dienone is 1. The molecule has 0 amide bonds. The van der Waals surface area contributed by atoms with Gasteiger partial charge in [0.1, 0.15) is 11.3 Å². The lowest BCUT2D eigenvalue weighted by Gasteiger charge is -2.09. The van der Waals surface area contributed by atoms with Crippen LogP contribution in [0.2, 0.25) is 0 Å². The van der Waals surface area contributed by atoms with E-state index in [0.717, 1.165) is 12.2 Å². The second-order valence-corrected chi connectivity index (χ2v) is 5.82. The predicted octanol–water partition coefficient (Wildman–Crippen LogP) is 5.01. The maximum Gasteiger partial charge on any atom is 0.200 e. The van der Waals surface area contributed by atoms with Crippen molar-refractivity contribution >= 4 is 21.9 Å². The summed E-state index contributed by atoms with van der Waals surface area (Å²) in [5.74, 6) is 0.991. The van der Waals surface area contributed by atoms with Crippen molar-refractivity contribution in [2.75, 3.05) is 0 Å². The molecule has 0 atom stereocenters. The van der Waals surface area contributed by atoms with E-state index in [1.165, 1.54) is 12.5 Å². The number of hydrogen-bond donors (Lipinski definition) is 0. The van der Waals surface area contributed by atoms with Crippen LogP contribution in [0.3, 0.4) is 0 Å². The first-order valence-electron chi connectivity index (χ1n) is 8.70. The Morgan fingerprint density at radius 1 is 1.00 bits per heavy atom. The molecule has 0 N–H and O–H groups in total. The summed E-state index contributed by atoms with van der Waals surface area (Å²) in [7, 11) is 0. The highest BCUT2D eigenvalue weighted by Gasteiger charge is 2.05. The Hall–Kier alpha value is -3.91. The summed E-state index contributed by atoms with van der Waals surface area (Å²) in [5, 5.41) is 8.50. The van der Waals surface area contributed by atoms with Crippen molar-refractivity contribution in [1.82, 2.24) is 4.98 Å². The standard InChI is InChI=1S/C12H7NO2.C9H8O.C2H3N/c14-12-8-3-1-2-4-10(8)15-11-7-13-6-5-9(11)12;1-2-6-9-8(4-1)5-3-7-10-9;1-2-3/h1-7H;1-4,6-7H,5H2;1H3. The molecule has 2 aromatic carbocycles. The number of rotatable bonds is 0. The van der Waals surface area contributed by atoms with Crippen LogP contribution in [0, 0.1) is 11.3 Å². The maximum atomic E-state index is 12.0. The number of ether oxygens (including phenoxy) is 1. The van der Waals surface area contributed by atoms with Crippen molar-refractivity contribution in [3.63, 3.8) is 0 Å². The van der Waals surface area contributed by atoms with E-state index in [-0.39, 0.29) is 5.43 Å². The van der Waals surface area contributed by atoms with Gasteiger partial charge < -0.3 is 9.15 Å². The minimum atomic E-state index is -0.00532. The van der Waals surface area contributed by atoms with Crippen LogP contribution in [0.15, 0.2) is 88.5 Å². The molecule has 0 fully saturated rings. The Kier molecular flexibility index (Phi) is 6.17. The summed E-state index contributed by atoms with van der Waals surface area (Å²) in [6, 6.07) is 18.7. The molecule has 138 valence electrons. The van der Waals surface area contributed by atoms with Gasteiger partial charge in [0.05, 0.1) is 29.3 Å². The lowest BCUT2D eigenvalue weighted by molar-refractivity contribution is 0.464. The summed E-state index contributed by atoms with van der Waals surface area (Å²) >= 11 is 0. The van der Waals surface area contributed by atoms with E-state index in [2.05, 4.69) is 11.1 Å². The van der Waals surface area contributed by atoms with Crippen LogP contribution < -0.4 is 10.2 Å². The Labute approximate surface area is 162 Å². The van der Waals surface area contributed by atoms with Gasteiger partial charge in [-0.15, -0.1) is 0 Å².